The third kappa shape index (κ3) is 2.17. The summed E-state index contributed by atoms with van der Waals surface area (Å²) in [6.45, 7) is 1.74. The van der Waals surface area contributed by atoms with Gasteiger partial charge in [0.25, 0.3) is 0 Å². The lowest BCUT2D eigenvalue weighted by molar-refractivity contribution is 0.0145. The van der Waals surface area contributed by atoms with Crippen LogP contribution in [0, 0.1) is 0 Å². The second-order valence-electron chi connectivity index (χ2n) is 4.78. The van der Waals surface area contributed by atoms with Crippen LogP contribution in [0.5, 0.6) is 0 Å². The van der Waals surface area contributed by atoms with Crippen LogP contribution in [0.1, 0.15) is 22.9 Å². The zero-order valence-electron chi connectivity index (χ0n) is 10.3. The van der Waals surface area contributed by atoms with Crippen molar-refractivity contribution in [3.8, 4) is 0 Å². The third-order valence-electron chi connectivity index (χ3n) is 3.58. The average Bonchev–Trinajstić information content (AvgIpc) is 2.75. The van der Waals surface area contributed by atoms with E-state index in [1.165, 1.54) is 11.1 Å². The molecule has 1 aliphatic heterocycles. The van der Waals surface area contributed by atoms with E-state index in [1.54, 1.807) is 0 Å². The van der Waals surface area contributed by atoms with Crippen molar-refractivity contribution in [2.45, 2.75) is 19.2 Å². The van der Waals surface area contributed by atoms with Crippen LogP contribution in [-0.4, -0.2) is 16.6 Å². The number of fused-ring (bicyclic) bond motifs is 1. The molecule has 2 aromatic rings. The fraction of sp³-hybridized carbons (Fsp3) is 0.250. The highest BCUT2D eigenvalue weighted by molar-refractivity contribution is 5.32. The largest absolute Gasteiger partial charge is 0.374 e. The molecule has 0 bridgehead atoms. The molecule has 1 atom stereocenters. The van der Waals surface area contributed by atoms with E-state index in [0.29, 0.717) is 0 Å². The van der Waals surface area contributed by atoms with E-state index in [9.17, 15) is 5.11 Å². The predicted octanol–water partition coefficient (Wildman–Crippen LogP) is 2.74. The van der Waals surface area contributed by atoms with Crippen LogP contribution < -0.4 is 0 Å². The summed E-state index contributed by atoms with van der Waals surface area (Å²) in [5, 5.41) is 10.2. The van der Waals surface area contributed by atoms with E-state index < -0.39 is 6.23 Å². The molecule has 1 aliphatic rings. The van der Waals surface area contributed by atoms with Crippen LogP contribution in [0.15, 0.2) is 54.6 Å². The fourth-order valence-electron chi connectivity index (χ4n) is 2.55. The number of aliphatic hydroxyl groups is 1. The van der Waals surface area contributed by atoms with Gasteiger partial charge in [0.15, 0.2) is 0 Å². The smallest absolute Gasteiger partial charge is 0.134 e. The molecule has 1 unspecified atom stereocenters. The Labute approximate surface area is 107 Å². The standard InChI is InChI=1S/C16H17NO/c18-16-15-9-5-4-8-14(15)12-17(16)11-10-13-6-2-1-3-7-13/h1-9,16,18H,10-12H2. The molecule has 0 saturated heterocycles. The highest BCUT2D eigenvalue weighted by Gasteiger charge is 2.27. The van der Waals surface area contributed by atoms with Gasteiger partial charge in [0.2, 0.25) is 0 Å². The Morgan fingerprint density at radius 2 is 1.72 bits per heavy atom. The second-order valence-corrected chi connectivity index (χ2v) is 4.78. The van der Waals surface area contributed by atoms with E-state index in [2.05, 4.69) is 35.2 Å². The number of nitrogens with zero attached hydrogens (tertiary/aromatic N) is 1. The molecule has 18 heavy (non-hydrogen) atoms. The van der Waals surface area contributed by atoms with Gasteiger partial charge >= 0.3 is 0 Å². The van der Waals surface area contributed by atoms with E-state index in [4.69, 9.17) is 0 Å². The van der Waals surface area contributed by atoms with Gasteiger partial charge < -0.3 is 5.11 Å². The zero-order valence-corrected chi connectivity index (χ0v) is 10.3. The van der Waals surface area contributed by atoms with Crippen molar-refractivity contribution in [3.05, 3.63) is 71.3 Å². The Morgan fingerprint density at radius 1 is 1.00 bits per heavy atom. The van der Waals surface area contributed by atoms with Crippen LogP contribution in [0.3, 0.4) is 0 Å². The first kappa shape index (κ1) is 11.5. The molecule has 0 saturated carbocycles. The second kappa shape index (κ2) is 4.92. The molecular formula is C16H17NO. The van der Waals surface area contributed by atoms with Crippen molar-refractivity contribution >= 4 is 0 Å². The Morgan fingerprint density at radius 3 is 2.50 bits per heavy atom. The SMILES string of the molecule is OC1c2ccccc2CN1CCc1ccccc1. The predicted molar refractivity (Wildman–Crippen MR) is 72.0 cm³/mol. The molecular weight excluding hydrogens is 222 g/mol. The van der Waals surface area contributed by atoms with Gasteiger partial charge in [-0.3, -0.25) is 4.90 Å². The van der Waals surface area contributed by atoms with Crippen molar-refractivity contribution in [3.63, 3.8) is 0 Å². The zero-order chi connectivity index (χ0) is 12.4. The van der Waals surface area contributed by atoms with Crippen LogP contribution >= 0.6 is 0 Å². The number of hydrogen-bond acceptors (Lipinski definition) is 2. The molecule has 0 aromatic heterocycles. The number of aliphatic hydroxyl groups excluding tert-OH is 1. The van der Waals surface area contributed by atoms with Crippen LogP contribution in [0.2, 0.25) is 0 Å². The van der Waals surface area contributed by atoms with E-state index in [-0.39, 0.29) is 0 Å². The molecule has 1 heterocycles. The highest BCUT2D eigenvalue weighted by atomic mass is 16.3. The van der Waals surface area contributed by atoms with Gasteiger partial charge in [-0.1, -0.05) is 54.6 Å². The van der Waals surface area contributed by atoms with Crippen LogP contribution in [0.4, 0.5) is 0 Å². The minimum atomic E-state index is -0.440. The van der Waals surface area contributed by atoms with Gasteiger partial charge in [0.05, 0.1) is 0 Å². The van der Waals surface area contributed by atoms with Crippen molar-refractivity contribution in [2.24, 2.45) is 0 Å². The van der Waals surface area contributed by atoms with Crippen molar-refractivity contribution in [1.29, 1.82) is 0 Å². The first-order valence-electron chi connectivity index (χ1n) is 6.38. The number of hydrogen-bond donors (Lipinski definition) is 1. The maximum atomic E-state index is 10.2. The normalized spacial score (nSPS) is 18.8. The van der Waals surface area contributed by atoms with Crippen molar-refractivity contribution < 1.29 is 5.11 Å². The maximum absolute atomic E-state index is 10.2. The summed E-state index contributed by atoms with van der Waals surface area (Å²) in [5.74, 6) is 0. The Balaban J connectivity index is 1.66. The summed E-state index contributed by atoms with van der Waals surface area (Å²) in [5.41, 5.74) is 3.63. The van der Waals surface area contributed by atoms with Gasteiger partial charge in [0.1, 0.15) is 6.23 Å². The summed E-state index contributed by atoms with van der Waals surface area (Å²) < 4.78 is 0. The summed E-state index contributed by atoms with van der Waals surface area (Å²) in [6.07, 6.45) is 0.538. The van der Waals surface area contributed by atoms with Crippen molar-refractivity contribution in [1.82, 2.24) is 4.90 Å². The Hall–Kier alpha value is -1.64. The minimum Gasteiger partial charge on any atom is -0.374 e. The summed E-state index contributed by atoms with van der Waals surface area (Å²) in [7, 11) is 0. The maximum Gasteiger partial charge on any atom is 0.134 e. The molecule has 0 aliphatic carbocycles. The molecule has 2 heteroatoms. The summed E-state index contributed by atoms with van der Waals surface area (Å²) >= 11 is 0. The van der Waals surface area contributed by atoms with Gasteiger partial charge in [-0.15, -0.1) is 0 Å². The van der Waals surface area contributed by atoms with E-state index in [0.717, 1.165) is 25.1 Å². The molecule has 0 radical (unpaired) electrons. The number of rotatable bonds is 3. The first-order chi connectivity index (χ1) is 8.84. The minimum absolute atomic E-state index is 0.440. The summed E-state index contributed by atoms with van der Waals surface area (Å²) in [6, 6.07) is 18.6. The Bertz CT molecular complexity index is 524. The topological polar surface area (TPSA) is 23.5 Å². The van der Waals surface area contributed by atoms with Crippen LogP contribution in [-0.2, 0) is 13.0 Å². The van der Waals surface area contributed by atoms with Crippen molar-refractivity contribution in [2.75, 3.05) is 6.54 Å². The average molecular weight is 239 g/mol. The lowest BCUT2D eigenvalue weighted by Gasteiger charge is -2.20. The monoisotopic (exact) mass is 239 g/mol. The van der Waals surface area contributed by atoms with Gasteiger partial charge in [0, 0.05) is 13.1 Å². The summed E-state index contributed by atoms with van der Waals surface area (Å²) in [4.78, 5) is 2.12. The third-order valence-corrected chi connectivity index (χ3v) is 3.58. The first-order valence-corrected chi connectivity index (χ1v) is 6.38. The molecule has 0 spiro atoms. The van der Waals surface area contributed by atoms with E-state index in [1.807, 2.05) is 24.3 Å². The Kier molecular flexibility index (Phi) is 3.13. The highest BCUT2D eigenvalue weighted by Crippen LogP contribution is 2.31. The molecule has 0 amide bonds. The molecule has 1 N–H and O–H groups in total. The fourth-order valence-corrected chi connectivity index (χ4v) is 2.55. The molecule has 92 valence electrons. The number of benzene rings is 2. The lowest BCUT2D eigenvalue weighted by Crippen LogP contribution is -2.24. The van der Waals surface area contributed by atoms with Gasteiger partial charge in [-0.05, 0) is 23.1 Å². The molecule has 2 aromatic carbocycles. The quantitative estimate of drug-likeness (QED) is 0.890. The van der Waals surface area contributed by atoms with E-state index >= 15 is 0 Å². The van der Waals surface area contributed by atoms with Crippen LogP contribution in [0.25, 0.3) is 0 Å². The molecule has 3 rings (SSSR count). The van der Waals surface area contributed by atoms with Gasteiger partial charge in [-0.25, -0.2) is 0 Å². The van der Waals surface area contributed by atoms with Gasteiger partial charge in [-0.2, -0.15) is 0 Å². The molecule has 0 fully saturated rings. The lowest BCUT2D eigenvalue weighted by atomic mass is 10.1. The molecule has 2 nitrogen and oxygen atoms in total.